The number of carbonyl (C=O) groups excluding carboxylic acids is 3. The molecule has 4 fully saturated rings. The molecule has 0 unspecified atom stereocenters. The fraction of sp³-hybridized carbons (Fsp3) is 0.636. The number of carbonyl (C=O) groups is 3. The van der Waals surface area contributed by atoms with Gasteiger partial charge in [-0.3, -0.25) is 4.79 Å². The average Bonchev–Trinajstić information content (AvgIpc) is 3.17. The van der Waals surface area contributed by atoms with Gasteiger partial charge in [0.1, 0.15) is 11.2 Å². The topological polar surface area (TPSA) is 113 Å². The molecular weight excluding hydrogens is 693 g/mol. The quantitative estimate of drug-likeness (QED) is 0.304. The highest BCUT2D eigenvalue weighted by Gasteiger charge is 2.34. The number of likely N-dealkylation sites (tertiary alicyclic amines) is 2. The Labute approximate surface area is 329 Å². The molecule has 3 amide bonds. The van der Waals surface area contributed by atoms with Crippen LogP contribution in [-0.2, 0) is 9.47 Å². The van der Waals surface area contributed by atoms with Crippen molar-refractivity contribution < 1.29 is 23.9 Å². The van der Waals surface area contributed by atoms with Gasteiger partial charge >= 0.3 is 12.2 Å². The van der Waals surface area contributed by atoms with E-state index in [0.29, 0.717) is 17.2 Å². The van der Waals surface area contributed by atoms with Crippen molar-refractivity contribution in [2.24, 2.45) is 29.4 Å². The second-order valence-corrected chi connectivity index (χ2v) is 17.8. The number of rotatable bonds is 5. The largest absolute Gasteiger partial charge is 0.444 e. The van der Waals surface area contributed by atoms with E-state index >= 15 is 0 Å². The first-order chi connectivity index (χ1) is 26.1. The lowest BCUT2D eigenvalue weighted by atomic mass is 9.79. The van der Waals surface area contributed by atoms with Crippen LogP contribution in [0.1, 0.15) is 103 Å². The van der Waals surface area contributed by atoms with E-state index in [-0.39, 0.29) is 18.1 Å². The summed E-state index contributed by atoms with van der Waals surface area (Å²) in [7, 11) is 0. The first-order valence-corrected chi connectivity index (χ1v) is 20.4. The summed E-state index contributed by atoms with van der Waals surface area (Å²) in [6.07, 6.45) is 8.73. The molecule has 4 aliphatic rings. The third kappa shape index (κ3) is 12.3. The van der Waals surface area contributed by atoms with Gasteiger partial charge in [-0.25, -0.2) is 14.4 Å². The lowest BCUT2D eigenvalue weighted by Crippen LogP contribution is -2.44. The number of ether oxygens (including phenoxy) is 2. The van der Waals surface area contributed by atoms with Gasteiger partial charge in [0, 0.05) is 69.3 Å². The summed E-state index contributed by atoms with van der Waals surface area (Å²) in [5.74, 6) is 2.50. The highest BCUT2D eigenvalue weighted by molar-refractivity contribution is 5.93. The molecule has 4 heterocycles. The predicted octanol–water partition coefficient (Wildman–Crippen LogP) is 8.75. The summed E-state index contributed by atoms with van der Waals surface area (Å²) in [6.45, 7) is 26.0. The van der Waals surface area contributed by atoms with Crippen LogP contribution in [0.25, 0.3) is 4.85 Å². The van der Waals surface area contributed by atoms with Crippen LogP contribution in [0.5, 0.6) is 0 Å². The minimum absolute atomic E-state index is 0.168. The van der Waals surface area contributed by atoms with E-state index in [4.69, 9.17) is 21.8 Å². The second kappa shape index (κ2) is 18.4. The number of hydrogen-bond acceptors (Lipinski definition) is 7. The maximum absolute atomic E-state index is 12.2. The minimum Gasteiger partial charge on any atom is -0.444 e. The van der Waals surface area contributed by atoms with Gasteiger partial charge in [0.25, 0.3) is 0 Å². The first kappa shape index (κ1) is 41.7. The molecule has 4 aliphatic heterocycles. The molecule has 11 heteroatoms. The van der Waals surface area contributed by atoms with E-state index in [2.05, 4.69) is 26.8 Å². The monoisotopic (exact) mass is 756 g/mol. The fourth-order valence-corrected chi connectivity index (χ4v) is 8.59. The van der Waals surface area contributed by atoms with Crippen molar-refractivity contribution in [1.29, 1.82) is 0 Å². The van der Waals surface area contributed by atoms with Crippen LogP contribution in [0, 0.1) is 30.2 Å². The summed E-state index contributed by atoms with van der Waals surface area (Å²) in [5, 5.41) is 0. The SMILES string of the molecule is CC(C)(C)OC(=O)N1CCC(C2CCN(c3ccc(C(N)=O)cc3)CC2)CC1.[C-]#[N+]c1ccc(N2CCC(C3CCN(C(=O)OC(C)(C)C)CC3)CC2)cc1. The van der Waals surface area contributed by atoms with Gasteiger partial charge in [0.05, 0.1) is 6.57 Å². The molecule has 0 aromatic heterocycles. The zero-order chi connectivity index (χ0) is 39.8. The number of piperidine rings is 4. The van der Waals surface area contributed by atoms with Crippen molar-refractivity contribution in [3.8, 4) is 0 Å². The molecule has 0 bridgehead atoms. The summed E-state index contributed by atoms with van der Waals surface area (Å²) in [5.41, 5.74) is 8.09. The van der Waals surface area contributed by atoms with Gasteiger partial charge in [0.2, 0.25) is 5.91 Å². The van der Waals surface area contributed by atoms with Crippen LogP contribution in [0.2, 0.25) is 0 Å². The van der Waals surface area contributed by atoms with E-state index in [1.54, 1.807) is 12.1 Å². The van der Waals surface area contributed by atoms with Gasteiger partial charge in [-0.05, 0) is 153 Å². The Hall–Kier alpha value is -4.46. The number of nitrogens with two attached hydrogens (primary N) is 1. The number of nitrogens with zero attached hydrogens (tertiary/aromatic N) is 5. The summed E-state index contributed by atoms with van der Waals surface area (Å²) in [6, 6.07) is 15.5. The van der Waals surface area contributed by atoms with Gasteiger partial charge in [0.15, 0.2) is 5.69 Å². The Morgan fingerprint density at radius 1 is 0.564 bits per heavy atom. The Morgan fingerprint density at radius 2 is 0.873 bits per heavy atom. The van der Waals surface area contributed by atoms with Crippen molar-refractivity contribution >= 4 is 35.2 Å². The second-order valence-electron chi connectivity index (χ2n) is 17.8. The standard InChI is InChI=1S/C22H33N3O3.C22H31N3O2/c1-22(2,3)28-21(27)25-14-10-17(11-15-25)16-8-12-24(13-9-16)19-6-4-18(5-7-19)20(23)26;1-22(2,3)27-21(26)25-15-11-18(12-16-25)17-9-13-24(14-10-17)20-7-5-19(23-4)6-8-20/h4-7,16-17H,8-15H2,1-3H3,(H2,23,26);5-8,17-18H,9-16H2,1-3H3. The molecule has 0 saturated carbocycles. The van der Waals surface area contributed by atoms with Crippen molar-refractivity contribution in [2.75, 3.05) is 62.2 Å². The molecule has 0 atom stereocenters. The third-order valence-corrected chi connectivity index (χ3v) is 11.7. The van der Waals surface area contributed by atoms with Gasteiger partial charge in [-0.2, -0.15) is 0 Å². The minimum atomic E-state index is -0.434. The molecule has 0 spiro atoms. The van der Waals surface area contributed by atoms with E-state index in [0.717, 1.165) is 101 Å². The van der Waals surface area contributed by atoms with Crippen LogP contribution in [0.3, 0.4) is 0 Å². The molecule has 2 N–H and O–H groups in total. The van der Waals surface area contributed by atoms with Gasteiger partial charge in [-0.15, -0.1) is 0 Å². The van der Waals surface area contributed by atoms with Crippen molar-refractivity contribution in [1.82, 2.24) is 9.80 Å². The Morgan fingerprint density at radius 3 is 1.16 bits per heavy atom. The van der Waals surface area contributed by atoms with Crippen LogP contribution < -0.4 is 15.5 Å². The maximum Gasteiger partial charge on any atom is 0.410 e. The predicted molar refractivity (Wildman–Crippen MR) is 219 cm³/mol. The third-order valence-electron chi connectivity index (χ3n) is 11.7. The fourth-order valence-electron chi connectivity index (χ4n) is 8.59. The lowest BCUT2D eigenvalue weighted by Gasteiger charge is -2.41. The molecule has 300 valence electrons. The van der Waals surface area contributed by atoms with Crippen LogP contribution in [0.15, 0.2) is 48.5 Å². The molecule has 0 radical (unpaired) electrons. The van der Waals surface area contributed by atoms with E-state index in [1.165, 1.54) is 31.4 Å². The Bertz CT molecular complexity index is 1590. The normalized spacial score (nSPS) is 19.6. The number of benzene rings is 2. The van der Waals surface area contributed by atoms with Crippen LogP contribution >= 0.6 is 0 Å². The number of hydrogen-bond donors (Lipinski definition) is 1. The first-order valence-electron chi connectivity index (χ1n) is 20.4. The number of anilines is 2. The zero-order valence-electron chi connectivity index (χ0n) is 34.1. The van der Waals surface area contributed by atoms with Crippen molar-refractivity contribution in [2.45, 2.75) is 104 Å². The van der Waals surface area contributed by atoms with E-state index in [1.807, 2.05) is 75.6 Å². The molecule has 11 nitrogen and oxygen atoms in total. The highest BCUT2D eigenvalue weighted by atomic mass is 16.6. The molecular formula is C44H64N6O5. The van der Waals surface area contributed by atoms with Gasteiger partial charge in [-0.1, -0.05) is 12.1 Å². The van der Waals surface area contributed by atoms with Crippen molar-refractivity contribution in [3.05, 3.63) is 65.5 Å². The highest BCUT2D eigenvalue weighted by Crippen LogP contribution is 2.36. The number of amides is 3. The van der Waals surface area contributed by atoms with E-state index < -0.39 is 11.2 Å². The van der Waals surface area contributed by atoms with Crippen LogP contribution in [0.4, 0.5) is 26.7 Å². The molecule has 6 rings (SSSR count). The maximum atomic E-state index is 12.2. The van der Waals surface area contributed by atoms with E-state index in [9.17, 15) is 14.4 Å². The van der Waals surface area contributed by atoms with Crippen LogP contribution in [-0.4, -0.2) is 91.5 Å². The molecule has 2 aromatic carbocycles. The van der Waals surface area contributed by atoms with Crippen molar-refractivity contribution in [3.63, 3.8) is 0 Å². The summed E-state index contributed by atoms with van der Waals surface area (Å²) in [4.78, 5) is 47.7. The molecule has 55 heavy (non-hydrogen) atoms. The van der Waals surface area contributed by atoms with Gasteiger partial charge < -0.3 is 34.8 Å². The lowest BCUT2D eigenvalue weighted by molar-refractivity contribution is 0.0142. The Balaban J connectivity index is 0.000000211. The zero-order valence-corrected chi connectivity index (χ0v) is 34.1. The smallest absolute Gasteiger partial charge is 0.410 e. The molecule has 0 aliphatic carbocycles. The summed E-state index contributed by atoms with van der Waals surface area (Å²) >= 11 is 0. The summed E-state index contributed by atoms with van der Waals surface area (Å²) < 4.78 is 11.0. The average molecular weight is 757 g/mol. The Kier molecular flexibility index (Phi) is 14.0. The molecule has 2 aromatic rings. The molecule has 4 saturated heterocycles. The number of primary amides is 1.